The van der Waals surface area contributed by atoms with E-state index in [0.717, 1.165) is 23.4 Å². The molecular weight excluding hydrogens is 412 g/mol. The molecule has 0 aliphatic heterocycles. The molecule has 3 aromatic carbocycles. The maximum absolute atomic E-state index is 13.9. The van der Waals surface area contributed by atoms with Crippen LogP contribution in [0.2, 0.25) is 0 Å². The Hall–Kier alpha value is -3.58. The Morgan fingerprint density at radius 1 is 0.969 bits per heavy atom. The van der Waals surface area contributed by atoms with Gasteiger partial charge in [-0.25, -0.2) is 13.5 Å². The Balaban J connectivity index is 1.59. The van der Waals surface area contributed by atoms with Gasteiger partial charge in [-0.3, -0.25) is 9.69 Å². The molecule has 0 spiro atoms. The number of nitrogens with zero attached hydrogens (tertiary/aromatic N) is 3. The van der Waals surface area contributed by atoms with E-state index in [1.54, 1.807) is 24.3 Å². The lowest BCUT2D eigenvalue weighted by Crippen LogP contribution is -2.34. The molecule has 0 amide bonds. The summed E-state index contributed by atoms with van der Waals surface area (Å²) in [6.45, 7) is 3.23. The average molecular weight is 435 g/mol. The number of ether oxygens (including phenoxy) is 1. The van der Waals surface area contributed by atoms with Crippen LogP contribution in [0.5, 0.6) is 5.75 Å². The molecule has 0 fully saturated rings. The highest BCUT2D eigenvalue weighted by Gasteiger charge is 2.15. The van der Waals surface area contributed by atoms with Gasteiger partial charge in [0.15, 0.2) is 11.6 Å². The van der Waals surface area contributed by atoms with E-state index < -0.39 is 11.6 Å². The van der Waals surface area contributed by atoms with Crippen LogP contribution in [0.3, 0.4) is 0 Å². The molecule has 0 saturated heterocycles. The minimum absolute atomic E-state index is 0.220. The number of halogens is 2. The number of benzene rings is 3. The van der Waals surface area contributed by atoms with E-state index in [2.05, 4.69) is 5.10 Å². The van der Waals surface area contributed by atoms with Crippen LogP contribution in [-0.2, 0) is 6.67 Å². The zero-order valence-corrected chi connectivity index (χ0v) is 17.9. The fourth-order valence-corrected chi connectivity index (χ4v) is 3.51. The van der Waals surface area contributed by atoms with Crippen LogP contribution in [-0.4, -0.2) is 34.9 Å². The van der Waals surface area contributed by atoms with Crippen molar-refractivity contribution < 1.29 is 13.5 Å². The topological polar surface area (TPSA) is 47.4 Å². The summed E-state index contributed by atoms with van der Waals surface area (Å²) >= 11 is 0. The van der Waals surface area contributed by atoms with Gasteiger partial charge in [-0.1, -0.05) is 30.3 Å². The summed E-state index contributed by atoms with van der Waals surface area (Å²) in [6.07, 6.45) is 0. The fraction of sp³-hybridized carbons (Fsp3) is 0.200. The Kier molecular flexibility index (Phi) is 6.28. The van der Waals surface area contributed by atoms with Crippen molar-refractivity contribution >= 4 is 10.8 Å². The molecular formula is C25H23F2N3O2. The maximum atomic E-state index is 13.9. The van der Waals surface area contributed by atoms with Crippen molar-refractivity contribution in [3.8, 4) is 17.0 Å². The summed E-state index contributed by atoms with van der Waals surface area (Å²) < 4.78 is 34.4. The third kappa shape index (κ3) is 4.68. The van der Waals surface area contributed by atoms with Crippen LogP contribution in [0.25, 0.3) is 22.0 Å². The lowest BCUT2D eigenvalue weighted by molar-refractivity contribution is 0.196. The van der Waals surface area contributed by atoms with Crippen molar-refractivity contribution in [3.63, 3.8) is 0 Å². The first-order valence-electron chi connectivity index (χ1n) is 10.3. The molecule has 0 aliphatic carbocycles. The Morgan fingerprint density at radius 3 is 2.50 bits per heavy atom. The summed E-state index contributed by atoms with van der Waals surface area (Å²) in [6, 6.07) is 18.4. The van der Waals surface area contributed by atoms with Gasteiger partial charge in [0, 0.05) is 17.5 Å². The molecule has 0 aliphatic rings. The van der Waals surface area contributed by atoms with Gasteiger partial charge in [0.05, 0.1) is 17.7 Å². The second kappa shape index (κ2) is 9.28. The summed E-state index contributed by atoms with van der Waals surface area (Å²) in [7, 11) is 1.86. The van der Waals surface area contributed by atoms with Crippen LogP contribution >= 0.6 is 0 Å². The van der Waals surface area contributed by atoms with Gasteiger partial charge in [-0.05, 0) is 55.9 Å². The van der Waals surface area contributed by atoms with Crippen molar-refractivity contribution in [3.05, 3.63) is 94.3 Å². The smallest absolute Gasteiger partial charge is 0.275 e. The molecule has 1 heterocycles. The minimum Gasteiger partial charge on any atom is -0.492 e. The molecule has 0 N–H and O–H groups in total. The quantitative estimate of drug-likeness (QED) is 0.425. The van der Waals surface area contributed by atoms with Gasteiger partial charge in [0.1, 0.15) is 12.4 Å². The molecule has 0 unspecified atom stereocenters. The molecule has 0 saturated carbocycles. The molecule has 5 nitrogen and oxygen atoms in total. The van der Waals surface area contributed by atoms with Gasteiger partial charge in [-0.15, -0.1) is 0 Å². The molecule has 0 bridgehead atoms. The standard InChI is InChI=1S/C25H23F2N3O2/c1-17-6-5-7-19(14-17)32-13-12-29(2)16-30-25(31)21-9-4-3-8-20(21)24(28-30)18-10-11-22(26)23(27)15-18/h3-11,14-15H,12-13,16H2,1-2H3. The molecule has 4 aromatic rings. The number of hydrogen-bond acceptors (Lipinski definition) is 4. The monoisotopic (exact) mass is 435 g/mol. The molecule has 1 aromatic heterocycles. The lowest BCUT2D eigenvalue weighted by Gasteiger charge is -2.19. The first kappa shape index (κ1) is 21.6. The second-order valence-corrected chi connectivity index (χ2v) is 7.71. The number of fused-ring (bicyclic) bond motifs is 1. The van der Waals surface area contributed by atoms with Crippen molar-refractivity contribution in [1.29, 1.82) is 0 Å². The minimum atomic E-state index is -0.962. The van der Waals surface area contributed by atoms with E-state index >= 15 is 0 Å². The second-order valence-electron chi connectivity index (χ2n) is 7.71. The Bertz CT molecular complexity index is 1320. The van der Waals surface area contributed by atoms with E-state index in [-0.39, 0.29) is 12.2 Å². The number of hydrogen-bond donors (Lipinski definition) is 0. The van der Waals surface area contributed by atoms with Crippen LogP contribution in [0, 0.1) is 18.6 Å². The Labute approximate surface area is 184 Å². The highest BCUT2D eigenvalue weighted by atomic mass is 19.2. The van der Waals surface area contributed by atoms with E-state index in [1.165, 1.54) is 10.7 Å². The summed E-state index contributed by atoms with van der Waals surface area (Å²) in [5.41, 5.74) is 1.69. The van der Waals surface area contributed by atoms with Gasteiger partial charge >= 0.3 is 0 Å². The lowest BCUT2D eigenvalue weighted by atomic mass is 10.0. The normalized spacial score (nSPS) is 11.3. The molecule has 0 radical (unpaired) electrons. The first-order chi connectivity index (χ1) is 15.4. The molecule has 0 atom stereocenters. The number of rotatable bonds is 7. The predicted molar refractivity (Wildman–Crippen MR) is 121 cm³/mol. The summed E-state index contributed by atoms with van der Waals surface area (Å²) in [5.74, 6) is -1.10. The van der Waals surface area contributed by atoms with E-state index in [9.17, 15) is 13.6 Å². The third-order valence-electron chi connectivity index (χ3n) is 5.17. The molecule has 32 heavy (non-hydrogen) atoms. The average Bonchev–Trinajstić information content (AvgIpc) is 2.78. The van der Waals surface area contributed by atoms with Crippen LogP contribution in [0.4, 0.5) is 8.78 Å². The molecule has 4 rings (SSSR count). The molecule has 164 valence electrons. The zero-order chi connectivity index (χ0) is 22.7. The van der Waals surface area contributed by atoms with Crippen molar-refractivity contribution in [2.75, 3.05) is 20.2 Å². The SMILES string of the molecule is Cc1cccc(OCCN(C)Cn2nc(-c3ccc(F)c(F)c3)c3ccccc3c2=O)c1. The summed E-state index contributed by atoms with van der Waals surface area (Å²) in [5, 5.41) is 5.54. The van der Waals surface area contributed by atoms with Crippen molar-refractivity contribution in [2.45, 2.75) is 13.6 Å². The summed E-state index contributed by atoms with van der Waals surface area (Å²) in [4.78, 5) is 14.9. The van der Waals surface area contributed by atoms with Crippen LogP contribution < -0.4 is 10.3 Å². The van der Waals surface area contributed by atoms with Gasteiger partial charge in [0.25, 0.3) is 5.56 Å². The predicted octanol–water partition coefficient (Wildman–Crippen LogP) is 4.62. The van der Waals surface area contributed by atoms with Crippen molar-refractivity contribution in [2.24, 2.45) is 0 Å². The van der Waals surface area contributed by atoms with Gasteiger partial charge in [0.2, 0.25) is 0 Å². The zero-order valence-electron chi connectivity index (χ0n) is 17.9. The Morgan fingerprint density at radius 2 is 1.75 bits per heavy atom. The van der Waals surface area contributed by atoms with Gasteiger partial charge in [-0.2, -0.15) is 5.10 Å². The van der Waals surface area contributed by atoms with Crippen LogP contribution in [0.15, 0.2) is 71.5 Å². The van der Waals surface area contributed by atoms with E-state index in [1.807, 2.05) is 43.1 Å². The highest BCUT2D eigenvalue weighted by Crippen LogP contribution is 2.26. The largest absolute Gasteiger partial charge is 0.492 e. The van der Waals surface area contributed by atoms with E-state index in [0.29, 0.717) is 35.2 Å². The fourth-order valence-electron chi connectivity index (χ4n) is 3.51. The highest BCUT2D eigenvalue weighted by molar-refractivity contribution is 5.93. The number of likely N-dealkylation sites (N-methyl/N-ethyl adjacent to an activating group) is 1. The first-order valence-corrected chi connectivity index (χ1v) is 10.3. The van der Waals surface area contributed by atoms with E-state index in [4.69, 9.17) is 4.74 Å². The third-order valence-corrected chi connectivity index (χ3v) is 5.17. The molecule has 7 heteroatoms. The van der Waals surface area contributed by atoms with Crippen LogP contribution in [0.1, 0.15) is 5.56 Å². The maximum Gasteiger partial charge on any atom is 0.275 e. The number of aryl methyl sites for hydroxylation is 1. The van der Waals surface area contributed by atoms with Gasteiger partial charge < -0.3 is 4.74 Å². The number of aromatic nitrogens is 2. The van der Waals surface area contributed by atoms with Crippen molar-refractivity contribution in [1.82, 2.24) is 14.7 Å².